The van der Waals surface area contributed by atoms with Crippen LogP contribution in [-0.4, -0.2) is 70.1 Å². The van der Waals surface area contributed by atoms with Crippen LogP contribution in [0.25, 0.3) is 0 Å². The Labute approximate surface area is 337 Å². The van der Waals surface area contributed by atoms with Gasteiger partial charge in [-0.1, -0.05) is 76.3 Å². The maximum absolute atomic E-state index is 14.8. The Balaban J connectivity index is 1.04. The second kappa shape index (κ2) is 13.9. The molecule has 9 aliphatic carbocycles. The number of rotatable bonds is 12. The predicted octanol–water partition coefficient (Wildman–Crippen LogP) is 8.69. The van der Waals surface area contributed by atoms with E-state index in [1.165, 1.54) is 25.3 Å². The summed E-state index contributed by atoms with van der Waals surface area (Å²) in [5.41, 5.74) is -0.960. The van der Waals surface area contributed by atoms with Crippen LogP contribution in [0, 0.1) is 68.3 Å². The average Bonchev–Trinajstić information content (AvgIpc) is 3.45. The number of fused-ring (bicyclic) bond motifs is 3. The maximum Gasteiger partial charge on any atom is 0.189 e. The minimum atomic E-state index is -1.09. The average molecular weight is 784 g/mol. The molecule has 0 radical (unpaired) electrons. The van der Waals surface area contributed by atoms with E-state index in [2.05, 4.69) is 50.8 Å². The van der Waals surface area contributed by atoms with Gasteiger partial charge in [-0.05, 0) is 128 Å². The van der Waals surface area contributed by atoms with Crippen LogP contribution < -0.4 is 0 Å². The molecular weight excluding hydrogens is 721 g/mol. The first-order chi connectivity index (χ1) is 27.1. The number of benzene rings is 2. The molecule has 9 aliphatic rings. The summed E-state index contributed by atoms with van der Waals surface area (Å²) < 4.78 is 34.9. The Morgan fingerprint density at radius 1 is 0.912 bits per heavy atom. The van der Waals surface area contributed by atoms with E-state index in [1.807, 2.05) is 30.3 Å². The van der Waals surface area contributed by atoms with E-state index in [9.17, 15) is 28.9 Å². The molecule has 12 atom stereocenters. The third-order valence-electron chi connectivity index (χ3n) is 18.0. The van der Waals surface area contributed by atoms with Crippen molar-refractivity contribution in [2.45, 2.75) is 116 Å². The molecule has 2 aromatic rings. The number of aliphatic hydroxyl groups excluding tert-OH is 2. The van der Waals surface area contributed by atoms with E-state index in [4.69, 9.17) is 4.74 Å². The largest absolute Gasteiger partial charge is 0.393 e. The third-order valence-corrected chi connectivity index (χ3v) is 18.0. The maximum atomic E-state index is 14.8. The van der Waals surface area contributed by atoms with Crippen molar-refractivity contribution in [2.75, 3.05) is 26.2 Å². The van der Waals surface area contributed by atoms with Gasteiger partial charge in [-0.2, -0.15) is 0 Å². The number of hydrogen-bond acceptors (Lipinski definition) is 6. The van der Waals surface area contributed by atoms with E-state index in [-0.39, 0.29) is 35.2 Å². The highest BCUT2D eigenvalue weighted by Crippen LogP contribution is 2.78. The number of hydrogen-bond donors (Lipinski definition) is 3. The summed E-state index contributed by atoms with van der Waals surface area (Å²) in [4.78, 5) is 17.2. The van der Waals surface area contributed by atoms with Crippen LogP contribution in [0.5, 0.6) is 0 Å². The summed E-state index contributed by atoms with van der Waals surface area (Å²) in [5, 5.41) is 35.9. The van der Waals surface area contributed by atoms with Crippen molar-refractivity contribution < 1.29 is 33.6 Å². The fourth-order valence-corrected chi connectivity index (χ4v) is 14.7. The molecule has 1 unspecified atom stereocenters. The fraction of sp³-hybridized carbons (Fsp3) is 0.653. The van der Waals surface area contributed by atoms with Gasteiger partial charge in [-0.15, -0.1) is 0 Å². The zero-order valence-electron chi connectivity index (χ0n) is 34.4. The van der Waals surface area contributed by atoms with E-state index in [0.29, 0.717) is 61.8 Å². The second-order valence-electron chi connectivity index (χ2n) is 20.8. The molecule has 308 valence electrons. The summed E-state index contributed by atoms with van der Waals surface area (Å²) in [6, 6.07) is 13.5. The van der Waals surface area contributed by atoms with Gasteiger partial charge >= 0.3 is 0 Å². The zero-order chi connectivity index (χ0) is 40.2. The molecule has 3 N–H and O–H groups in total. The molecule has 0 aliphatic heterocycles. The van der Waals surface area contributed by atoms with Crippen LogP contribution >= 0.6 is 0 Å². The highest BCUT2D eigenvalue weighted by Gasteiger charge is 2.74. The SMILES string of the molecule is CC1(C)[C@H]2CC[C@@H](CN(C[C@@H](O)COCc3ccccc3)C[C@]3(O)CC[C@H]4[C@]56C=C[C@@]7(C=C5C(=O)c5ccc(F)c(F)c5)CC(O)CC[C@]7(C)[C@H]6CC[C@@]43C)[C@@H]1C2. The molecule has 57 heavy (non-hydrogen) atoms. The van der Waals surface area contributed by atoms with E-state index in [1.54, 1.807) is 0 Å². The highest BCUT2D eigenvalue weighted by molar-refractivity contribution is 6.10. The molecule has 0 heterocycles. The lowest BCUT2D eigenvalue weighted by Crippen LogP contribution is -2.67. The molecule has 6 fully saturated rings. The molecular formula is C49H63F2NO5. The molecule has 4 bridgehead atoms. The van der Waals surface area contributed by atoms with Crippen molar-refractivity contribution in [3.63, 3.8) is 0 Å². The topological polar surface area (TPSA) is 90.2 Å². The molecule has 0 amide bonds. The van der Waals surface area contributed by atoms with E-state index < -0.39 is 45.7 Å². The number of ketones is 1. The van der Waals surface area contributed by atoms with Crippen LogP contribution in [0.15, 0.2) is 72.3 Å². The van der Waals surface area contributed by atoms with Crippen molar-refractivity contribution in [2.24, 2.45) is 56.7 Å². The minimum absolute atomic E-state index is 0.0746. The number of carbonyl (C=O) groups excluding carboxylic acids is 1. The number of nitrogens with zero attached hydrogens (tertiary/aromatic N) is 1. The number of carbonyl (C=O) groups is 1. The molecule has 6 nitrogen and oxygen atoms in total. The van der Waals surface area contributed by atoms with Crippen LogP contribution in [-0.2, 0) is 11.3 Å². The zero-order valence-corrected chi connectivity index (χ0v) is 34.4. The third kappa shape index (κ3) is 5.96. The Bertz CT molecular complexity index is 1950. The summed E-state index contributed by atoms with van der Waals surface area (Å²) in [7, 11) is 0. The fourth-order valence-electron chi connectivity index (χ4n) is 14.7. The van der Waals surface area contributed by atoms with Gasteiger partial charge in [0.15, 0.2) is 17.4 Å². The predicted molar refractivity (Wildman–Crippen MR) is 216 cm³/mol. The lowest BCUT2D eigenvalue weighted by molar-refractivity contribution is -0.179. The van der Waals surface area contributed by atoms with Crippen molar-refractivity contribution in [1.29, 1.82) is 0 Å². The molecule has 11 rings (SSSR count). The van der Waals surface area contributed by atoms with Gasteiger partial charge in [0.1, 0.15) is 0 Å². The van der Waals surface area contributed by atoms with Gasteiger partial charge in [0, 0.05) is 47.0 Å². The Hall–Kier alpha value is -2.75. The highest BCUT2D eigenvalue weighted by atomic mass is 19.2. The first-order valence-corrected chi connectivity index (χ1v) is 21.9. The van der Waals surface area contributed by atoms with Crippen LogP contribution in [0.3, 0.4) is 0 Å². The summed E-state index contributed by atoms with van der Waals surface area (Å²) in [6.45, 7) is 11.7. The molecule has 8 heteroatoms. The standard InChI is InChI=1S/C49H63F2NO5/c1-44(2)34-12-10-33(37(44)23-34)26-52(27-36(54)29-57-28-31-8-6-5-7-9-31)30-48(56)19-16-42-46(48,4)18-15-41-45(3)17-14-35(53)24-47(45)20-21-49(41,42)38(25-47)43(55)32-11-13-39(50)40(51)22-32/h5-9,11,13,20-22,25,33-37,41-42,53-54,56H,10,12,14-19,23-24,26-30H2,1-4H3/t33-,34-,35?,36+,37-,41+,42+,45+,46-,47-,48+,49+/m0/s1. The molecule has 2 spiro atoms. The first kappa shape index (κ1) is 39.7. The van der Waals surface area contributed by atoms with Crippen molar-refractivity contribution in [1.82, 2.24) is 4.90 Å². The molecule has 0 aromatic heterocycles. The van der Waals surface area contributed by atoms with Gasteiger partial charge < -0.3 is 20.1 Å². The van der Waals surface area contributed by atoms with Gasteiger partial charge in [0.2, 0.25) is 0 Å². The quantitative estimate of drug-likeness (QED) is 0.148. The number of allylic oxidation sites excluding steroid dienone is 4. The Kier molecular flexibility index (Phi) is 9.68. The Morgan fingerprint density at radius 2 is 1.65 bits per heavy atom. The van der Waals surface area contributed by atoms with Crippen molar-refractivity contribution in [3.05, 3.63) is 95.1 Å². The smallest absolute Gasteiger partial charge is 0.189 e. The lowest BCUT2D eigenvalue weighted by atomic mass is 9.32. The minimum Gasteiger partial charge on any atom is -0.393 e. The summed E-state index contributed by atoms with van der Waals surface area (Å²) >= 11 is 0. The van der Waals surface area contributed by atoms with Crippen LogP contribution in [0.2, 0.25) is 0 Å². The van der Waals surface area contributed by atoms with Crippen LogP contribution in [0.1, 0.15) is 108 Å². The molecule has 6 saturated carbocycles. The number of Topliss-reactive ketones (excluding diaryl/α,β-unsaturated/α-hetero) is 1. The molecule has 2 aromatic carbocycles. The van der Waals surface area contributed by atoms with Gasteiger partial charge in [-0.25, -0.2) is 8.78 Å². The van der Waals surface area contributed by atoms with Gasteiger partial charge in [-0.3, -0.25) is 9.69 Å². The van der Waals surface area contributed by atoms with Crippen molar-refractivity contribution >= 4 is 5.78 Å². The summed E-state index contributed by atoms with van der Waals surface area (Å²) in [6.07, 6.45) is 14.1. The first-order valence-electron chi connectivity index (χ1n) is 21.9. The monoisotopic (exact) mass is 783 g/mol. The molecule has 0 saturated heterocycles. The lowest BCUT2D eigenvalue weighted by Gasteiger charge is -2.71. The van der Waals surface area contributed by atoms with Gasteiger partial charge in [0.25, 0.3) is 0 Å². The second-order valence-corrected chi connectivity index (χ2v) is 20.8. The van der Waals surface area contributed by atoms with Crippen LogP contribution in [0.4, 0.5) is 8.78 Å². The Morgan fingerprint density at radius 3 is 2.39 bits per heavy atom. The van der Waals surface area contributed by atoms with E-state index >= 15 is 0 Å². The van der Waals surface area contributed by atoms with Crippen molar-refractivity contribution in [3.8, 4) is 0 Å². The normalized spacial score (nSPS) is 41.5. The van der Waals surface area contributed by atoms with E-state index in [0.717, 1.165) is 55.8 Å². The number of aliphatic hydroxyl groups is 3. The summed E-state index contributed by atoms with van der Waals surface area (Å²) in [5.74, 6) is -0.408. The number of halogens is 2. The van der Waals surface area contributed by atoms with Gasteiger partial charge in [0.05, 0.1) is 31.0 Å². The number of ether oxygens (including phenoxy) is 1.